The van der Waals surface area contributed by atoms with E-state index < -0.39 is 10.0 Å². The van der Waals surface area contributed by atoms with Gasteiger partial charge in [0.25, 0.3) is 0 Å². The number of hydrogen-bond acceptors (Lipinski definition) is 5. The molecule has 2 aromatic rings. The van der Waals surface area contributed by atoms with Crippen LogP contribution in [0.4, 0.5) is 5.13 Å². The van der Waals surface area contributed by atoms with Crippen molar-refractivity contribution in [2.75, 3.05) is 11.9 Å². The zero-order valence-electron chi connectivity index (χ0n) is 11.7. The van der Waals surface area contributed by atoms with Crippen LogP contribution in [0.2, 0.25) is 5.02 Å². The number of anilines is 1. The third-order valence-electron chi connectivity index (χ3n) is 2.62. The SMILES string of the molecule is Cc1csc(NC(=O)CCNS(=O)(=O)c2cccc(Cl)c2)n1. The van der Waals surface area contributed by atoms with E-state index in [4.69, 9.17) is 11.6 Å². The standard InChI is InChI=1S/C13H14ClN3O3S2/c1-9-8-21-13(16-9)17-12(18)5-6-15-22(19,20)11-4-2-3-10(14)7-11/h2-4,7-8,15H,5-6H2,1H3,(H,16,17,18). The average Bonchev–Trinajstić information content (AvgIpc) is 2.84. The summed E-state index contributed by atoms with van der Waals surface area (Å²) in [4.78, 5) is 15.9. The molecule has 1 aromatic heterocycles. The number of hydrogen-bond donors (Lipinski definition) is 2. The molecule has 0 saturated heterocycles. The minimum Gasteiger partial charge on any atom is -0.302 e. The van der Waals surface area contributed by atoms with Crippen molar-refractivity contribution in [1.82, 2.24) is 9.71 Å². The molecule has 0 fully saturated rings. The van der Waals surface area contributed by atoms with E-state index in [-0.39, 0.29) is 23.8 Å². The van der Waals surface area contributed by atoms with Crippen molar-refractivity contribution in [2.45, 2.75) is 18.2 Å². The molecule has 6 nitrogen and oxygen atoms in total. The van der Waals surface area contributed by atoms with Gasteiger partial charge in [-0.1, -0.05) is 17.7 Å². The lowest BCUT2D eigenvalue weighted by Gasteiger charge is -2.07. The van der Waals surface area contributed by atoms with E-state index in [0.29, 0.717) is 10.2 Å². The van der Waals surface area contributed by atoms with Crippen molar-refractivity contribution in [3.63, 3.8) is 0 Å². The number of amides is 1. The number of aryl methyl sites for hydroxylation is 1. The van der Waals surface area contributed by atoms with Crippen molar-refractivity contribution in [1.29, 1.82) is 0 Å². The maximum absolute atomic E-state index is 12.0. The van der Waals surface area contributed by atoms with Gasteiger partial charge in [-0.15, -0.1) is 11.3 Å². The van der Waals surface area contributed by atoms with Crippen molar-refractivity contribution in [3.8, 4) is 0 Å². The number of nitrogens with one attached hydrogen (secondary N) is 2. The van der Waals surface area contributed by atoms with Crippen LogP contribution in [-0.4, -0.2) is 25.9 Å². The Labute approximate surface area is 137 Å². The Morgan fingerprint density at radius 1 is 1.41 bits per heavy atom. The lowest BCUT2D eigenvalue weighted by Crippen LogP contribution is -2.27. The molecule has 0 aliphatic heterocycles. The Bertz CT molecular complexity index is 774. The fourth-order valence-electron chi connectivity index (χ4n) is 1.61. The molecule has 0 aliphatic rings. The molecular formula is C13H14ClN3O3S2. The molecule has 2 rings (SSSR count). The highest BCUT2D eigenvalue weighted by molar-refractivity contribution is 7.89. The monoisotopic (exact) mass is 359 g/mol. The molecule has 0 spiro atoms. The second kappa shape index (κ2) is 7.19. The second-order valence-electron chi connectivity index (χ2n) is 4.45. The average molecular weight is 360 g/mol. The van der Waals surface area contributed by atoms with Gasteiger partial charge >= 0.3 is 0 Å². The first-order chi connectivity index (χ1) is 10.4. The topological polar surface area (TPSA) is 88.2 Å². The minimum absolute atomic E-state index is 0.00889. The maximum Gasteiger partial charge on any atom is 0.240 e. The van der Waals surface area contributed by atoms with E-state index in [1.807, 2.05) is 12.3 Å². The Morgan fingerprint density at radius 3 is 2.82 bits per heavy atom. The molecule has 0 unspecified atom stereocenters. The van der Waals surface area contributed by atoms with Gasteiger partial charge in [0, 0.05) is 23.4 Å². The molecule has 0 aliphatic carbocycles. The third kappa shape index (κ3) is 4.77. The molecule has 0 radical (unpaired) electrons. The van der Waals surface area contributed by atoms with Crippen molar-refractivity contribution >= 4 is 44.0 Å². The van der Waals surface area contributed by atoms with Crippen molar-refractivity contribution < 1.29 is 13.2 Å². The molecule has 118 valence electrons. The van der Waals surface area contributed by atoms with E-state index in [2.05, 4.69) is 15.0 Å². The van der Waals surface area contributed by atoms with Gasteiger partial charge in [-0.3, -0.25) is 4.79 Å². The molecule has 2 N–H and O–H groups in total. The molecule has 0 atom stereocenters. The molecule has 1 amide bonds. The summed E-state index contributed by atoms with van der Waals surface area (Å²) in [6.07, 6.45) is 0.0123. The molecular weight excluding hydrogens is 346 g/mol. The lowest BCUT2D eigenvalue weighted by atomic mass is 10.4. The van der Waals surface area contributed by atoms with Crippen LogP contribution >= 0.6 is 22.9 Å². The van der Waals surface area contributed by atoms with Crippen LogP contribution in [-0.2, 0) is 14.8 Å². The molecule has 0 saturated carbocycles. The van der Waals surface area contributed by atoms with Crippen LogP contribution in [0.1, 0.15) is 12.1 Å². The Kier molecular flexibility index (Phi) is 5.52. The zero-order chi connectivity index (χ0) is 16.2. The second-order valence-corrected chi connectivity index (χ2v) is 7.51. The molecule has 1 heterocycles. The number of carbonyl (C=O) groups is 1. The van der Waals surface area contributed by atoms with E-state index in [1.54, 1.807) is 12.1 Å². The van der Waals surface area contributed by atoms with E-state index in [0.717, 1.165) is 5.69 Å². The number of thiazole rings is 1. The first-order valence-corrected chi connectivity index (χ1v) is 9.08. The number of sulfonamides is 1. The van der Waals surface area contributed by atoms with Crippen molar-refractivity contribution in [3.05, 3.63) is 40.4 Å². The van der Waals surface area contributed by atoms with Gasteiger partial charge in [-0.25, -0.2) is 18.1 Å². The first-order valence-electron chi connectivity index (χ1n) is 6.34. The summed E-state index contributed by atoms with van der Waals surface area (Å²) >= 11 is 7.08. The fraction of sp³-hybridized carbons (Fsp3) is 0.231. The van der Waals surface area contributed by atoms with Crippen LogP contribution in [0.25, 0.3) is 0 Å². The highest BCUT2D eigenvalue weighted by atomic mass is 35.5. The highest BCUT2D eigenvalue weighted by Crippen LogP contribution is 2.16. The van der Waals surface area contributed by atoms with E-state index >= 15 is 0 Å². The van der Waals surface area contributed by atoms with Gasteiger partial charge in [-0.2, -0.15) is 0 Å². The van der Waals surface area contributed by atoms with Gasteiger partial charge in [0.1, 0.15) is 0 Å². The van der Waals surface area contributed by atoms with Gasteiger partial charge < -0.3 is 5.32 Å². The summed E-state index contributed by atoms with van der Waals surface area (Å²) in [7, 11) is -3.67. The number of benzene rings is 1. The fourth-order valence-corrected chi connectivity index (χ4v) is 3.65. The third-order valence-corrected chi connectivity index (χ3v) is 5.19. The predicted molar refractivity (Wildman–Crippen MR) is 86.7 cm³/mol. The van der Waals surface area contributed by atoms with Gasteiger partial charge in [0.05, 0.1) is 10.6 Å². The summed E-state index contributed by atoms with van der Waals surface area (Å²) < 4.78 is 26.4. The van der Waals surface area contributed by atoms with Crippen LogP contribution in [0, 0.1) is 6.92 Å². The molecule has 9 heteroatoms. The Hall–Kier alpha value is -1.48. The number of carbonyl (C=O) groups excluding carboxylic acids is 1. The van der Waals surface area contributed by atoms with E-state index in [9.17, 15) is 13.2 Å². The van der Waals surface area contributed by atoms with Gasteiger partial charge in [-0.05, 0) is 25.1 Å². The number of aromatic nitrogens is 1. The number of halogens is 1. The first kappa shape index (κ1) is 16.9. The normalized spacial score (nSPS) is 11.4. The lowest BCUT2D eigenvalue weighted by molar-refractivity contribution is -0.116. The summed E-state index contributed by atoms with van der Waals surface area (Å²) in [6, 6.07) is 5.92. The Morgan fingerprint density at radius 2 is 2.18 bits per heavy atom. The minimum atomic E-state index is -3.67. The van der Waals surface area contributed by atoms with Crippen LogP contribution in [0.3, 0.4) is 0 Å². The largest absolute Gasteiger partial charge is 0.302 e. The smallest absolute Gasteiger partial charge is 0.240 e. The van der Waals surface area contributed by atoms with Crippen molar-refractivity contribution in [2.24, 2.45) is 0 Å². The number of nitrogens with zero attached hydrogens (tertiary/aromatic N) is 1. The summed E-state index contributed by atoms with van der Waals surface area (Å²) in [5.41, 5.74) is 0.821. The van der Waals surface area contributed by atoms with Gasteiger partial charge in [0.15, 0.2) is 5.13 Å². The summed E-state index contributed by atoms with van der Waals surface area (Å²) in [5.74, 6) is -0.303. The molecule has 1 aromatic carbocycles. The summed E-state index contributed by atoms with van der Waals surface area (Å²) in [5, 5.41) is 5.26. The maximum atomic E-state index is 12.0. The van der Waals surface area contributed by atoms with E-state index in [1.165, 1.54) is 23.5 Å². The molecule has 22 heavy (non-hydrogen) atoms. The predicted octanol–water partition coefficient (Wildman–Crippen LogP) is 2.41. The van der Waals surface area contributed by atoms with Crippen LogP contribution < -0.4 is 10.0 Å². The highest BCUT2D eigenvalue weighted by Gasteiger charge is 2.14. The molecule has 0 bridgehead atoms. The quantitative estimate of drug-likeness (QED) is 0.829. The Balaban J connectivity index is 1.86. The van der Waals surface area contributed by atoms with Gasteiger partial charge in [0.2, 0.25) is 15.9 Å². The summed E-state index contributed by atoms with van der Waals surface area (Å²) in [6.45, 7) is 1.82. The number of rotatable bonds is 6. The van der Waals surface area contributed by atoms with Crippen LogP contribution in [0.15, 0.2) is 34.5 Å². The zero-order valence-corrected chi connectivity index (χ0v) is 14.1. The van der Waals surface area contributed by atoms with Crippen LogP contribution in [0.5, 0.6) is 0 Å².